The Hall–Kier alpha value is -0.980. The molecule has 0 aliphatic carbocycles. The van der Waals surface area contributed by atoms with Crippen molar-refractivity contribution >= 4 is 29.9 Å². The summed E-state index contributed by atoms with van der Waals surface area (Å²) in [7, 11) is 1.69. The summed E-state index contributed by atoms with van der Waals surface area (Å²) in [6.07, 6.45) is 2.06. The second-order valence-corrected chi connectivity index (χ2v) is 6.09. The number of nitrogens with one attached hydrogen (secondary N) is 2. The quantitative estimate of drug-likeness (QED) is 0.321. The first-order valence-electron chi connectivity index (χ1n) is 7.64. The highest BCUT2D eigenvalue weighted by atomic mass is 127. The number of hydrogen-bond donors (Lipinski definition) is 2. The third kappa shape index (κ3) is 9.12. The fourth-order valence-corrected chi connectivity index (χ4v) is 1.93. The number of halogens is 1. The monoisotopic (exact) mass is 419 g/mol. The van der Waals surface area contributed by atoms with E-state index in [2.05, 4.69) is 55.5 Å². The molecule has 0 aliphatic rings. The van der Waals surface area contributed by atoms with Crippen LogP contribution in [0.15, 0.2) is 29.3 Å². The fraction of sp³-hybridized carbons (Fsp3) is 0.588. The molecule has 1 rings (SSSR count). The van der Waals surface area contributed by atoms with E-state index in [1.807, 2.05) is 12.1 Å². The van der Waals surface area contributed by atoms with Gasteiger partial charge < -0.3 is 15.4 Å². The fourth-order valence-electron chi connectivity index (χ4n) is 1.93. The minimum absolute atomic E-state index is 0. The van der Waals surface area contributed by atoms with Crippen LogP contribution >= 0.6 is 24.0 Å². The first kappa shape index (κ1) is 21.0. The number of methoxy groups -OCH3 is 1. The van der Waals surface area contributed by atoms with Gasteiger partial charge in [-0.05, 0) is 58.2 Å². The zero-order valence-electron chi connectivity index (χ0n) is 14.4. The summed E-state index contributed by atoms with van der Waals surface area (Å²) < 4.78 is 5.16. The number of hydrogen-bond acceptors (Lipinski definition) is 2. The molecule has 0 radical (unpaired) electrons. The average Bonchev–Trinajstić information content (AvgIpc) is 2.43. The lowest BCUT2D eigenvalue weighted by Gasteiger charge is -2.23. The van der Waals surface area contributed by atoms with Gasteiger partial charge in [0.15, 0.2) is 5.96 Å². The summed E-state index contributed by atoms with van der Waals surface area (Å²) in [4.78, 5) is 4.62. The van der Waals surface area contributed by atoms with E-state index in [1.165, 1.54) is 5.56 Å². The highest BCUT2D eigenvalue weighted by Gasteiger charge is 2.11. The van der Waals surface area contributed by atoms with Crippen molar-refractivity contribution in [2.24, 2.45) is 4.99 Å². The van der Waals surface area contributed by atoms with Crippen molar-refractivity contribution in [3.05, 3.63) is 29.8 Å². The third-order valence-electron chi connectivity index (χ3n) is 2.89. The molecule has 0 saturated carbocycles. The topological polar surface area (TPSA) is 45.7 Å². The third-order valence-corrected chi connectivity index (χ3v) is 2.89. The summed E-state index contributed by atoms with van der Waals surface area (Å²) in [5.74, 6) is 1.79. The molecule has 1 aromatic rings. The van der Waals surface area contributed by atoms with Crippen LogP contribution in [0.3, 0.4) is 0 Å². The van der Waals surface area contributed by atoms with Crippen LogP contribution in [0.4, 0.5) is 0 Å². The molecular weight excluding hydrogens is 389 g/mol. The van der Waals surface area contributed by atoms with Gasteiger partial charge in [-0.15, -0.1) is 24.0 Å². The molecule has 4 nitrogen and oxygen atoms in total. The van der Waals surface area contributed by atoms with E-state index in [4.69, 9.17) is 4.74 Å². The van der Waals surface area contributed by atoms with Gasteiger partial charge in [0, 0.05) is 18.6 Å². The van der Waals surface area contributed by atoms with Gasteiger partial charge in [-0.1, -0.05) is 12.1 Å². The van der Waals surface area contributed by atoms with Crippen molar-refractivity contribution < 1.29 is 4.74 Å². The Bertz CT molecular complexity index is 438. The van der Waals surface area contributed by atoms with E-state index in [0.29, 0.717) is 0 Å². The highest BCUT2D eigenvalue weighted by Crippen LogP contribution is 2.12. The molecule has 0 saturated heterocycles. The lowest BCUT2D eigenvalue weighted by atomic mass is 10.1. The van der Waals surface area contributed by atoms with E-state index in [9.17, 15) is 0 Å². The van der Waals surface area contributed by atoms with Crippen LogP contribution in [-0.4, -0.2) is 31.7 Å². The maximum atomic E-state index is 5.16. The van der Waals surface area contributed by atoms with Crippen LogP contribution in [-0.2, 0) is 6.42 Å². The maximum Gasteiger partial charge on any atom is 0.191 e. The molecule has 0 spiro atoms. The van der Waals surface area contributed by atoms with Gasteiger partial charge in [-0.3, -0.25) is 4.99 Å². The summed E-state index contributed by atoms with van der Waals surface area (Å²) in [5, 5.41) is 6.67. The van der Waals surface area contributed by atoms with Crippen molar-refractivity contribution in [2.45, 2.75) is 46.1 Å². The first-order chi connectivity index (χ1) is 9.94. The largest absolute Gasteiger partial charge is 0.497 e. The van der Waals surface area contributed by atoms with E-state index >= 15 is 0 Å². The molecular formula is C17H30IN3O. The van der Waals surface area contributed by atoms with Crippen molar-refractivity contribution in [2.75, 3.05) is 20.2 Å². The van der Waals surface area contributed by atoms with Gasteiger partial charge in [0.25, 0.3) is 0 Å². The van der Waals surface area contributed by atoms with Crippen LogP contribution in [0, 0.1) is 0 Å². The zero-order chi connectivity index (χ0) is 15.7. The minimum atomic E-state index is 0. The molecule has 22 heavy (non-hydrogen) atoms. The number of guanidine groups is 1. The Morgan fingerprint density at radius 3 is 2.32 bits per heavy atom. The standard InChI is InChI=1S/C17H29N3O.HI/c1-6-18-16(20-17(2,3)4)19-13-7-8-14-9-11-15(21-5)12-10-14;/h9-12H,6-8,13H2,1-5H3,(H2,18,19,20);1H. The molecule has 0 atom stereocenters. The number of nitrogens with zero attached hydrogens (tertiary/aromatic N) is 1. The van der Waals surface area contributed by atoms with Crippen LogP contribution in [0.2, 0.25) is 0 Å². The summed E-state index contributed by atoms with van der Waals surface area (Å²) in [5.41, 5.74) is 1.34. The van der Waals surface area contributed by atoms with Crippen molar-refractivity contribution in [1.29, 1.82) is 0 Å². The minimum Gasteiger partial charge on any atom is -0.497 e. The molecule has 126 valence electrons. The van der Waals surface area contributed by atoms with Crippen molar-refractivity contribution in [1.82, 2.24) is 10.6 Å². The van der Waals surface area contributed by atoms with Crippen LogP contribution < -0.4 is 15.4 Å². The molecule has 1 aromatic carbocycles. The molecule has 0 aromatic heterocycles. The van der Waals surface area contributed by atoms with E-state index in [0.717, 1.165) is 37.6 Å². The molecule has 0 heterocycles. The molecule has 0 amide bonds. The Balaban J connectivity index is 0.00000441. The Kier molecular flexibility index (Phi) is 10.2. The normalized spacial score (nSPS) is 11.6. The van der Waals surface area contributed by atoms with Crippen LogP contribution in [0.1, 0.15) is 39.7 Å². The van der Waals surface area contributed by atoms with Gasteiger partial charge in [0.1, 0.15) is 5.75 Å². The summed E-state index contributed by atoms with van der Waals surface area (Å²) >= 11 is 0. The van der Waals surface area contributed by atoms with Crippen molar-refractivity contribution in [3.63, 3.8) is 0 Å². The maximum absolute atomic E-state index is 5.16. The van der Waals surface area contributed by atoms with Gasteiger partial charge >= 0.3 is 0 Å². The SMILES string of the molecule is CCNC(=NCCCc1ccc(OC)cc1)NC(C)(C)C.I. The van der Waals surface area contributed by atoms with E-state index in [-0.39, 0.29) is 29.5 Å². The molecule has 0 bridgehead atoms. The smallest absolute Gasteiger partial charge is 0.191 e. The number of benzene rings is 1. The van der Waals surface area contributed by atoms with Gasteiger partial charge in [0.2, 0.25) is 0 Å². The average molecular weight is 419 g/mol. The van der Waals surface area contributed by atoms with Gasteiger partial charge in [-0.2, -0.15) is 0 Å². The Morgan fingerprint density at radius 1 is 1.18 bits per heavy atom. The summed E-state index contributed by atoms with van der Waals surface area (Å²) in [6.45, 7) is 10.2. The Labute approximate surface area is 152 Å². The highest BCUT2D eigenvalue weighted by molar-refractivity contribution is 14.0. The second-order valence-electron chi connectivity index (χ2n) is 6.09. The molecule has 2 N–H and O–H groups in total. The lowest BCUT2D eigenvalue weighted by Crippen LogP contribution is -2.47. The second kappa shape index (κ2) is 10.7. The lowest BCUT2D eigenvalue weighted by molar-refractivity contribution is 0.414. The van der Waals surface area contributed by atoms with E-state index in [1.54, 1.807) is 7.11 Å². The van der Waals surface area contributed by atoms with Crippen LogP contribution in [0.5, 0.6) is 5.75 Å². The Morgan fingerprint density at radius 2 is 1.82 bits per heavy atom. The predicted octanol–water partition coefficient (Wildman–Crippen LogP) is 3.60. The predicted molar refractivity (Wildman–Crippen MR) is 106 cm³/mol. The summed E-state index contributed by atoms with van der Waals surface area (Å²) in [6, 6.07) is 8.23. The molecule has 0 fully saturated rings. The molecule has 0 aliphatic heterocycles. The molecule has 0 unspecified atom stereocenters. The zero-order valence-corrected chi connectivity index (χ0v) is 16.7. The number of rotatable bonds is 6. The number of ether oxygens (including phenoxy) is 1. The number of aliphatic imine (C=N–C) groups is 1. The van der Waals surface area contributed by atoms with Gasteiger partial charge in [-0.25, -0.2) is 0 Å². The number of aryl methyl sites for hydroxylation is 1. The molecule has 5 heteroatoms. The van der Waals surface area contributed by atoms with E-state index < -0.39 is 0 Å². The van der Waals surface area contributed by atoms with Crippen molar-refractivity contribution in [3.8, 4) is 5.75 Å². The van der Waals surface area contributed by atoms with Gasteiger partial charge in [0.05, 0.1) is 7.11 Å². The first-order valence-corrected chi connectivity index (χ1v) is 7.64. The van der Waals surface area contributed by atoms with Crippen LogP contribution in [0.25, 0.3) is 0 Å².